The second-order valence-electron chi connectivity index (χ2n) is 6.56. The minimum atomic E-state index is -0.816. The van der Waals surface area contributed by atoms with Crippen LogP contribution >= 0.6 is 0 Å². The van der Waals surface area contributed by atoms with Crippen LogP contribution in [0.3, 0.4) is 0 Å². The lowest BCUT2D eigenvalue weighted by Crippen LogP contribution is -2.49. The van der Waals surface area contributed by atoms with Crippen LogP contribution in [0.4, 0.5) is 0 Å². The molecule has 0 bridgehead atoms. The molecule has 0 aliphatic carbocycles. The van der Waals surface area contributed by atoms with Crippen LogP contribution in [0, 0.1) is 6.92 Å². The maximum Gasteiger partial charge on any atom is 0.229 e. The van der Waals surface area contributed by atoms with Gasteiger partial charge in [0.25, 0.3) is 0 Å². The fraction of sp³-hybridized carbons (Fsp3) is 0.688. The SMILES string of the molecule is COCCn1cc(CN2CCCC(O)(Cc3nc(C)no3)C2)cn1. The number of methoxy groups -OCH3 is 1. The summed E-state index contributed by atoms with van der Waals surface area (Å²) in [6, 6.07) is 0. The van der Waals surface area contributed by atoms with Crippen LogP contribution in [0.1, 0.15) is 30.1 Å². The van der Waals surface area contributed by atoms with E-state index in [4.69, 9.17) is 9.26 Å². The standard InChI is InChI=1S/C16H25N5O3/c1-13-18-15(24-19-13)8-16(22)4-3-5-20(12-16)10-14-9-17-21(11-14)6-7-23-2/h9,11,22H,3-8,10,12H2,1-2H3. The topological polar surface area (TPSA) is 89.4 Å². The lowest BCUT2D eigenvalue weighted by atomic mass is 9.89. The maximum absolute atomic E-state index is 10.9. The van der Waals surface area contributed by atoms with Crippen LogP contribution in [0.15, 0.2) is 16.9 Å². The highest BCUT2D eigenvalue weighted by molar-refractivity contribution is 5.05. The molecule has 24 heavy (non-hydrogen) atoms. The predicted molar refractivity (Wildman–Crippen MR) is 86.3 cm³/mol. The number of ether oxygens (including phenoxy) is 1. The maximum atomic E-state index is 10.9. The number of aliphatic hydroxyl groups is 1. The molecule has 0 radical (unpaired) electrons. The number of rotatable bonds is 7. The summed E-state index contributed by atoms with van der Waals surface area (Å²) in [6.45, 7) is 5.51. The monoisotopic (exact) mass is 335 g/mol. The van der Waals surface area contributed by atoms with Crippen molar-refractivity contribution in [1.82, 2.24) is 24.8 Å². The Kier molecular flexibility index (Phi) is 5.27. The molecule has 8 nitrogen and oxygen atoms in total. The molecule has 1 aliphatic rings. The zero-order valence-electron chi connectivity index (χ0n) is 14.3. The fourth-order valence-corrected chi connectivity index (χ4v) is 3.23. The van der Waals surface area contributed by atoms with Gasteiger partial charge in [-0.1, -0.05) is 5.16 Å². The Labute approximate surface area is 141 Å². The molecular weight excluding hydrogens is 310 g/mol. The summed E-state index contributed by atoms with van der Waals surface area (Å²) < 4.78 is 12.1. The van der Waals surface area contributed by atoms with Crippen molar-refractivity contribution in [2.24, 2.45) is 0 Å². The molecule has 1 N–H and O–H groups in total. The summed E-state index contributed by atoms with van der Waals surface area (Å²) in [7, 11) is 1.68. The number of hydrogen-bond donors (Lipinski definition) is 1. The first-order valence-electron chi connectivity index (χ1n) is 8.30. The predicted octanol–water partition coefficient (Wildman–Crippen LogP) is 0.791. The number of aromatic nitrogens is 4. The summed E-state index contributed by atoms with van der Waals surface area (Å²) in [5.74, 6) is 1.11. The Hall–Kier alpha value is -1.77. The minimum absolute atomic E-state index is 0.400. The first-order chi connectivity index (χ1) is 11.6. The number of nitrogens with zero attached hydrogens (tertiary/aromatic N) is 5. The zero-order chi connectivity index (χ0) is 17.0. The van der Waals surface area contributed by atoms with Gasteiger partial charge in [-0.3, -0.25) is 9.58 Å². The van der Waals surface area contributed by atoms with Crippen molar-refractivity contribution in [3.8, 4) is 0 Å². The third-order valence-corrected chi connectivity index (χ3v) is 4.30. The minimum Gasteiger partial charge on any atom is -0.388 e. The Bertz CT molecular complexity index is 656. The molecule has 132 valence electrons. The zero-order valence-corrected chi connectivity index (χ0v) is 14.3. The summed E-state index contributed by atoms with van der Waals surface area (Å²) >= 11 is 0. The quantitative estimate of drug-likeness (QED) is 0.800. The van der Waals surface area contributed by atoms with Gasteiger partial charge in [0.2, 0.25) is 5.89 Å². The largest absolute Gasteiger partial charge is 0.388 e. The van der Waals surface area contributed by atoms with E-state index in [0.717, 1.165) is 38.0 Å². The molecule has 3 heterocycles. The summed E-state index contributed by atoms with van der Waals surface area (Å²) in [5, 5.41) is 19.0. The molecule has 0 amide bonds. The highest BCUT2D eigenvalue weighted by Crippen LogP contribution is 2.25. The molecular formula is C16H25N5O3. The van der Waals surface area contributed by atoms with Crippen molar-refractivity contribution in [1.29, 1.82) is 0 Å². The summed E-state index contributed by atoms with van der Waals surface area (Å²) in [5.41, 5.74) is 0.326. The lowest BCUT2D eigenvalue weighted by molar-refractivity contribution is -0.0373. The molecule has 1 unspecified atom stereocenters. The molecule has 3 rings (SSSR count). The van der Waals surface area contributed by atoms with Crippen molar-refractivity contribution in [2.75, 3.05) is 26.8 Å². The number of likely N-dealkylation sites (tertiary alicyclic amines) is 1. The van der Waals surface area contributed by atoms with E-state index in [-0.39, 0.29) is 0 Å². The molecule has 2 aromatic heterocycles. The number of β-amino-alcohol motifs (C(OH)–C–C–N with tert-alkyl or cyclic N) is 1. The molecule has 8 heteroatoms. The Balaban J connectivity index is 1.57. The van der Waals surface area contributed by atoms with E-state index in [1.807, 2.05) is 17.1 Å². The number of aryl methyl sites for hydroxylation is 1. The van der Waals surface area contributed by atoms with Crippen LogP contribution in [-0.2, 0) is 24.2 Å². The van der Waals surface area contributed by atoms with E-state index < -0.39 is 5.60 Å². The van der Waals surface area contributed by atoms with Gasteiger partial charge in [0.1, 0.15) is 0 Å². The van der Waals surface area contributed by atoms with Gasteiger partial charge in [-0.2, -0.15) is 10.1 Å². The van der Waals surface area contributed by atoms with Crippen LogP contribution in [0.25, 0.3) is 0 Å². The van der Waals surface area contributed by atoms with E-state index in [9.17, 15) is 5.11 Å². The molecule has 1 atom stereocenters. The molecule has 1 saturated heterocycles. The summed E-state index contributed by atoms with van der Waals surface area (Å²) in [4.78, 5) is 6.46. The van der Waals surface area contributed by atoms with Crippen LogP contribution in [0.5, 0.6) is 0 Å². The molecule has 1 fully saturated rings. The second-order valence-corrected chi connectivity index (χ2v) is 6.56. The van der Waals surface area contributed by atoms with E-state index in [1.54, 1.807) is 14.0 Å². The van der Waals surface area contributed by atoms with E-state index in [1.165, 1.54) is 0 Å². The average Bonchev–Trinajstić information content (AvgIpc) is 3.14. The Morgan fingerprint density at radius 1 is 1.46 bits per heavy atom. The Morgan fingerprint density at radius 3 is 3.08 bits per heavy atom. The summed E-state index contributed by atoms with van der Waals surface area (Å²) in [6.07, 6.45) is 6.01. The van der Waals surface area contributed by atoms with Crippen molar-refractivity contribution >= 4 is 0 Å². The van der Waals surface area contributed by atoms with Crippen molar-refractivity contribution in [3.05, 3.63) is 29.7 Å². The fourth-order valence-electron chi connectivity index (χ4n) is 3.23. The Morgan fingerprint density at radius 2 is 2.33 bits per heavy atom. The molecule has 1 aliphatic heterocycles. The van der Waals surface area contributed by atoms with Gasteiger partial charge in [-0.05, 0) is 26.3 Å². The number of hydrogen-bond acceptors (Lipinski definition) is 7. The smallest absolute Gasteiger partial charge is 0.229 e. The second kappa shape index (κ2) is 7.42. The van der Waals surface area contributed by atoms with Gasteiger partial charge in [-0.15, -0.1) is 0 Å². The van der Waals surface area contributed by atoms with Gasteiger partial charge in [0.15, 0.2) is 5.82 Å². The first kappa shape index (κ1) is 17.1. The molecule has 0 aromatic carbocycles. The van der Waals surface area contributed by atoms with Gasteiger partial charge in [0.05, 0.1) is 31.4 Å². The van der Waals surface area contributed by atoms with E-state index in [2.05, 4.69) is 20.1 Å². The van der Waals surface area contributed by atoms with Crippen LogP contribution in [-0.4, -0.2) is 62.3 Å². The molecule has 0 saturated carbocycles. The van der Waals surface area contributed by atoms with Gasteiger partial charge < -0.3 is 14.4 Å². The van der Waals surface area contributed by atoms with Gasteiger partial charge in [-0.25, -0.2) is 0 Å². The van der Waals surface area contributed by atoms with Gasteiger partial charge in [0, 0.05) is 32.0 Å². The third kappa shape index (κ3) is 4.40. The van der Waals surface area contributed by atoms with Gasteiger partial charge >= 0.3 is 0 Å². The van der Waals surface area contributed by atoms with Crippen molar-refractivity contribution in [3.63, 3.8) is 0 Å². The van der Waals surface area contributed by atoms with Crippen molar-refractivity contribution < 1.29 is 14.4 Å². The van der Waals surface area contributed by atoms with Crippen molar-refractivity contribution in [2.45, 2.75) is 44.9 Å². The lowest BCUT2D eigenvalue weighted by Gasteiger charge is -2.38. The highest BCUT2D eigenvalue weighted by Gasteiger charge is 2.35. The van der Waals surface area contributed by atoms with E-state index in [0.29, 0.717) is 31.3 Å². The number of piperidine rings is 1. The molecule has 0 spiro atoms. The van der Waals surface area contributed by atoms with Crippen LogP contribution in [0.2, 0.25) is 0 Å². The molecule has 2 aromatic rings. The normalized spacial score (nSPS) is 22.1. The average molecular weight is 335 g/mol. The third-order valence-electron chi connectivity index (χ3n) is 4.30. The first-order valence-corrected chi connectivity index (χ1v) is 8.30. The van der Waals surface area contributed by atoms with Crippen LogP contribution < -0.4 is 0 Å². The highest BCUT2D eigenvalue weighted by atomic mass is 16.5. The van der Waals surface area contributed by atoms with E-state index >= 15 is 0 Å².